The monoisotopic (exact) mass is 503 g/mol. The third-order valence-electron chi connectivity index (χ3n) is 6.34. The first-order chi connectivity index (χ1) is 16.8. The topological polar surface area (TPSA) is 132 Å². The maximum absolute atomic E-state index is 11.8. The second kappa shape index (κ2) is 9.60. The Hall–Kier alpha value is -2.94. The van der Waals surface area contributed by atoms with Crippen LogP contribution in [0.4, 0.5) is 5.82 Å². The Morgan fingerprint density at radius 1 is 1.00 bits per heavy atom. The van der Waals surface area contributed by atoms with E-state index in [0.717, 1.165) is 22.8 Å². The molecular weight excluding hydrogens is 474 g/mol. The van der Waals surface area contributed by atoms with Crippen LogP contribution in [0, 0.1) is 0 Å². The zero-order valence-corrected chi connectivity index (χ0v) is 20.9. The Kier molecular flexibility index (Phi) is 6.53. The van der Waals surface area contributed by atoms with Crippen molar-refractivity contribution in [2.45, 2.75) is 6.54 Å². The molecule has 188 valence electrons. The van der Waals surface area contributed by atoms with Crippen LogP contribution in [0.5, 0.6) is 6.01 Å². The molecule has 0 unspecified atom stereocenters. The number of sulfonamides is 1. The molecule has 0 N–H and O–H groups in total. The van der Waals surface area contributed by atoms with Crippen LogP contribution in [-0.4, -0.2) is 113 Å². The average Bonchev–Trinajstić information content (AvgIpc) is 3.19. The third kappa shape index (κ3) is 4.91. The minimum atomic E-state index is -3.17. The van der Waals surface area contributed by atoms with Gasteiger partial charge in [-0.1, -0.05) is 0 Å². The molecule has 3 aromatic rings. The first kappa shape index (κ1) is 23.8. The van der Waals surface area contributed by atoms with Crippen molar-refractivity contribution in [2.75, 3.05) is 70.7 Å². The van der Waals surface area contributed by atoms with Gasteiger partial charge in [0.25, 0.3) is 0 Å². The SMILES string of the molecule is COc1ncc(-c2nc(N3CCOCC3)c3nc(CN4CCN(S(C)(=O)=O)CC4)n(C)c3n2)cn1. The number of piperazine rings is 1. The van der Waals surface area contributed by atoms with Crippen molar-refractivity contribution in [3.8, 4) is 17.4 Å². The number of nitrogens with zero attached hydrogens (tertiary/aromatic N) is 9. The van der Waals surface area contributed by atoms with Crippen LogP contribution in [0.15, 0.2) is 12.4 Å². The molecule has 5 heterocycles. The molecule has 2 saturated heterocycles. The minimum Gasteiger partial charge on any atom is -0.467 e. The number of hydrogen-bond acceptors (Lipinski definition) is 11. The highest BCUT2D eigenvalue weighted by Crippen LogP contribution is 2.28. The normalized spacial score (nSPS) is 18.3. The lowest BCUT2D eigenvalue weighted by Crippen LogP contribution is -2.48. The van der Waals surface area contributed by atoms with Gasteiger partial charge in [0.2, 0.25) is 10.0 Å². The quantitative estimate of drug-likeness (QED) is 0.441. The van der Waals surface area contributed by atoms with Crippen LogP contribution in [0.2, 0.25) is 0 Å². The molecule has 0 saturated carbocycles. The number of anilines is 1. The van der Waals surface area contributed by atoms with Crippen molar-refractivity contribution in [2.24, 2.45) is 7.05 Å². The standard InChI is InChI=1S/C21H29N9O4S/c1-27-16(14-28-4-6-30(7-5-28)35(3,31)32)24-17-19(27)25-18(15-12-22-21(33-2)23-13-15)26-20(17)29-8-10-34-11-9-29/h12-13H,4-11,14H2,1-3H3. The highest BCUT2D eigenvalue weighted by Gasteiger charge is 2.26. The summed E-state index contributed by atoms with van der Waals surface area (Å²) >= 11 is 0. The number of ether oxygens (including phenoxy) is 2. The van der Waals surface area contributed by atoms with Gasteiger partial charge in [0, 0.05) is 58.7 Å². The summed E-state index contributed by atoms with van der Waals surface area (Å²) in [5.74, 6) is 2.12. The number of fused-ring (bicyclic) bond motifs is 1. The van der Waals surface area contributed by atoms with Gasteiger partial charge in [-0.25, -0.2) is 33.3 Å². The molecule has 0 bridgehead atoms. The number of imidazole rings is 1. The van der Waals surface area contributed by atoms with Gasteiger partial charge in [0.15, 0.2) is 22.8 Å². The Labute approximate surface area is 203 Å². The van der Waals surface area contributed by atoms with E-state index in [9.17, 15) is 8.42 Å². The van der Waals surface area contributed by atoms with Gasteiger partial charge < -0.3 is 18.9 Å². The van der Waals surface area contributed by atoms with Gasteiger partial charge >= 0.3 is 6.01 Å². The van der Waals surface area contributed by atoms with E-state index in [0.29, 0.717) is 70.4 Å². The second-order valence-corrected chi connectivity index (χ2v) is 10.6. The number of aryl methyl sites for hydroxylation is 1. The Bertz CT molecular complexity index is 1300. The molecule has 5 rings (SSSR count). The first-order valence-corrected chi connectivity index (χ1v) is 13.3. The summed E-state index contributed by atoms with van der Waals surface area (Å²) in [4.78, 5) is 27.4. The molecule has 3 aromatic heterocycles. The van der Waals surface area contributed by atoms with E-state index in [1.54, 1.807) is 12.4 Å². The summed E-state index contributed by atoms with van der Waals surface area (Å²) in [6.07, 6.45) is 4.55. The zero-order valence-electron chi connectivity index (χ0n) is 20.1. The van der Waals surface area contributed by atoms with Gasteiger partial charge in [-0.2, -0.15) is 4.31 Å². The molecule has 0 spiro atoms. The second-order valence-electron chi connectivity index (χ2n) is 8.63. The molecule has 0 amide bonds. The van der Waals surface area contributed by atoms with Crippen molar-refractivity contribution in [1.82, 2.24) is 38.7 Å². The van der Waals surface area contributed by atoms with E-state index >= 15 is 0 Å². The molecule has 0 aromatic carbocycles. The molecule has 0 aliphatic carbocycles. The van der Waals surface area contributed by atoms with Crippen molar-refractivity contribution in [1.29, 1.82) is 0 Å². The summed E-state index contributed by atoms with van der Waals surface area (Å²) in [7, 11) is 0.296. The van der Waals surface area contributed by atoms with Crippen LogP contribution in [0.3, 0.4) is 0 Å². The van der Waals surface area contributed by atoms with Crippen LogP contribution in [-0.2, 0) is 28.4 Å². The molecule has 14 heteroatoms. The number of methoxy groups -OCH3 is 1. The fourth-order valence-corrected chi connectivity index (χ4v) is 5.14. The largest absolute Gasteiger partial charge is 0.467 e. The van der Waals surface area contributed by atoms with E-state index in [2.05, 4.69) is 19.8 Å². The molecule has 2 aliphatic heterocycles. The fourth-order valence-electron chi connectivity index (χ4n) is 4.31. The summed E-state index contributed by atoms with van der Waals surface area (Å²) < 4.78 is 37.8. The summed E-state index contributed by atoms with van der Waals surface area (Å²) in [5, 5.41) is 0. The average molecular weight is 504 g/mol. The molecule has 0 radical (unpaired) electrons. The van der Waals surface area contributed by atoms with E-state index in [4.69, 9.17) is 24.4 Å². The molecular formula is C21H29N9O4S. The molecule has 35 heavy (non-hydrogen) atoms. The van der Waals surface area contributed by atoms with Gasteiger partial charge in [-0.05, 0) is 0 Å². The first-order valence-electron chi connectivity index (χ1n) is 11.4. The highest BCUT2D eigenvalue weighted by molar-refractivity contribution is 7.88. The number of morpholine rings is 1. The lowest BCUT2D eigenvalue weighted by atomic mass is 10.3. The lowest BCUT2D eigenvalue weighted by Gasteiger charge is -2.32. The van der Waals surface area contributed by atoms with Crippen LogP contribution >= 0.6 is 0 Å². The Morgan fingerprint density at radius 3 is 2.31 bits per heavy atom. The van der Waals surface area contributed by atoms with Crippen LogP contribution < -0.4 is 9.64 Å². The van der Waals surface area contributed by atoms with Crippen molar-refractivity contribution >= 4 is 27.0 Å². The summed E-state index contributed by atoms with van der Waals surface area (Å²) in [6, 6.07) is 0.280. The summed E-state index contributed by atoms with van der Waals surface area (Å²) in [6.45, 7) is 5.50. The number of hydrogen-bond donors (Lipinski definition) is 0. The molecule has 2 fully saturated rings. The maximum Gasteiger partial charge on any atom is 0.316 e. The third-order valence-corrected chi connectivity index (χ3v) is 7.64. The predicted molar refractivity (Wildman–Crippen MR) is 129 cm³/mol. The molecule has 2 aliphatic rings. The van der Waals surface area contributed by atoms with Gasteiger partial charge in [-0.15, -0.1) is 0 Å². The Balaban J connectivity index is 1.49. The van der Waals surface area contributed by atoms with E-state index in [1.165, 1.54) is 17.7 Å². The summed E-state index contributed by atoms with van der Waals surface area (Å²) in [5.41, 5.74) is 2.14. The van der Waals surface area contributed by atoms with Gasteiger partial charge in [0.05, 0.1) is 38.7 Å². The van der Waals surface area contributed by atoms with Crippen molar-refractivity contribution in [3.05, 3.63) is 18.2 Å². The van der Waals surface area contributed by atoms with Crippen LogP contribution in [0.25, 0.3) is 22.6 Å². The Morgan fingerprint density at radius 2 is 1.69 bits per heavy atom. The zero-order chi connectivity index (χ0) is 24.6. The molecule has 0 atom stereocenters. The van der Waals surface area contributed by atoms with E-state index < -0.39 is 10.0 Å². The predicted octanol–water partition coefficient (Wildman–Crippen LogP) is -0.257. The van der Waals surface area contributed by atoms with Crippen molar-refractivity contribution in [3.63, 3.8) is 0 Å². The van der Waals surface area contributed by atoms with Gasteiger partial charge in [0.1, 0.15) is 5.82 Å². The minimum absolute atomic E-state index is 0.280. The van der Waals surface area contributed by atoms with E-state index in [-0.39, 0.29) is 6.01 Å². The van der Waals surface area contributed by atoms with Crippen LogP contribution in [0.1, 0.15) is 5.82 Å². The van der Waals surface area contributed by atoms with E-state index in [1.807, 2.05) is 11.6 Å². The number of rotatable bonds is 6. The van der Waals surface area contributed by atoms with Crippen molar-refractivity contribution < 1.29 is 17.9 Å². The smallest absolute Gasteiger partial charge is 0.316 e. The highest BCUT2D eigenvalue weighted by atomic mass is 32.2. The maximum atomic E-state index is 11.8. The van der Waals surface area contributed by atoms with Gasteiger partial charge in [-0.3, -0.25) is 4.90 Å². The lowest BCUT2D eigenvalue weighted by molar-refractivity contribution is 0.122. The molecule has 13 nitrogen and oxygen atoms in total. The number of aromatic nitrogens is 6. The fraction of sp³-hybridized carbons (Fsp3) is 0.571.